The van der Waals surface area contributed by atoms with Gasteiger partial charge in [0, 0.05) is 5.56 Å². The maximum atomic E-state index is 6.05. The molecule has 0 amide bonds. The highest BCUT2D eigenvalue weighted by Gasteiger charge is 2.11. The molecule has 6 nitrogen and oxygen atoms in total. The van der Waals surface area contributed by atoms with Crippen LogP contribution in [0.5, 0.6) is 11.5 Å². The molecule has 0 fully saturated rings. The van der Waals surface area contributed by atoms with Crippen LogP contribution in [0, 0.1) is 0 Å². The van der Waals surface area contributed by atoms with Gasteiger partial charge in [-0.2, -0.15) is 0 Å². The van der Waals surface area contributed by atoms with Gasteiger partial charge in [-0.3, -0.25) is 0 Å². The van der Waals surface area contributed by atoms with Crippen molar-refractivity contribution in [3.63, 3.8) is 0 Å². The van der Waals surface area contributed by atoms with Crippen molar-refractivity contribution in [3.8, 4) is 11.5 Å². The smallest absolute Gasteiger partial charge is 0.124 e. The first-order chi connectivity index (χ1) is 10.2. The molecule has 114 valence electrons. The molecule has 0 aliphatic rings. The van der Waals surface area contributed by atoms with Crippen LogP contribution in [0.4, 0.5) is 0 Å². The Kier molecular flexibility index (Phi) is 5.16. The number of benzene rings is 1. The van der Waals surface area contributed by atoms with E-state index in [4.69, 9.17) is 15.2 Å². The molecule has 21 heavy (non-hydrogen) atoms. The summed E-state index contributed by atoms with van der Waals surface area (Å²) in [4.78, 5) is 0. The SMILES string of the molecule is CCCC(N)c1cn(Cc2cc(OC)ccc2OC)nn1. The van der Waals surface area contributed by atoms with Crippen LogP contribution < -0.4 is 15.2 Å². The third-order valence-electron chi connectivity index (χ3n) is 3.36. The van der Waals surface area contributed by atoms with Crippen LogP contribution in [0.15, 0.2) is 24.4 Å². The predicted octanol–water partition coefficient (Wildman–Crippen LogP) is 2.14. The molecule has 0 aliphatic heterocycles. The van der Waals surface area contributed by atoms with Crippen molar-refractivity contribution in [2.45, 2.75) is 32.4 Å². The Morgan fingerprint density at radius 1 is 1.29 bits per heavy atom. The van der Waals surface area contributed by atoms with Crippen molar-refractivity contribution in [3.05, 3.63) is 35.7 Å². The number of hydrogen-bond donors (Lipinski definition) is 1. The molecule has 1 atom stereocenters. The summed E-state index contributed by atoms with van der Waals surface area (Å²) < 4.78 is 12.4. The number of hydrogen-bond acceptors (Lipinski definition) is 5. The van der Waals surface area contributed by atoms with Gasteiger partial charge >= 0.3 is 0 Å². The van der Waals surface area contributed by atoms with Gasteiger partial charge in [-0.15, -0.1) is 5.10 Å². The minimum atomic E-state index is -0.0593. The lowest BCUT2D eigenvalue weighted by Crippen LogP contribution is -2.10. The number of rotatable bonds is 7. The van der Waals surface area contributed by atoms with Crippen LogP contribution in [0.25, 0.3) is 0 Å². The van der Waals surface area contributed by atoms with Crippen molar-refractivity contribution >= 4 is 0 Å². The van der Waals surface area contributed by atoms with Gasteiger partial charge in [-0.05, 0) is 24.6 Å². The molecular formula is C15H22N4O2. The Morgan fingerprint density at radius 3 is 2.76 bits per heavy atom. The third kappa shape index (κ3) is 3.72. The summed E-state index contributed by atoms with van der Waals surface area (Å²) in [5.74, 6) is 1.58. The minimum absolute atomic E-state index is 0.0593. The van der Waals surface area contributed by atoms with Crippen molar-refractivity contribution < 1.29 is 9.47 Å². The molecule has 6 heteroatoms. The second-order valence-corrected chi connectivity index (χ2v) is 4.91. The standard InChI is InChI=1S/C15H22N4O2/c1-4-5-13(16)14-10-19(18-17-14)9-11-8-12(20-2)6-7-15(11)21-3/h6-8,10,13H,4-5,9,16H2,1-3H3. The second kappa shape index (κ2) is 7.08. The molecule has 0 saturated heterocycles. The fourth-order valence-corrected chi connectivity index (χ4v) is 2.20. The van der Waals surface area contributed by atoms with E-state index < -0.39 is 0 Å². The molecule has 1 heterocycles. The minimum Gasteiger partial charge on any atom is -0.497 e. The Hall–Kier alpha value is -2.08. The molecule has 0 spiro atoms. The zero-order valence-corrected chi connectivity index (χ0v) is 12.7. The van der Waals surface area contributed by atoms with E-state index in [1.807, 2.05) is 24.4 Å². The molecule has 1 unspecified atom stereocenters. The Bertz CT molecular complexity index is 583. The van der Waals surface area contributed by atoms with E-state index in [9.17, 15) is 0 Å². The van der Waals surface area contributed by atoms with Crippen LogP contribution in [0.3, 0.4) is 0 Å². The first kappa shape index (κ1) is 15.3. The van der Waals surface area contributed by atoms with E-state index in [0.717, 1.165) is 35.6 Å². The van der Waals surface area contributed by atoms with E-state index in [1.165, 1.54) is 0 Å². The largest absolute Gasteiger partial charge is 0.497 e. The maximum absolute atomic E-state index is 6.05. The zero-order valence-electron chi connectivity index (χ0n) is 12.7. The molecule has 1 aromatic heterocycles. The second-order valence-electron chi connectivity index (χ2n) is 4.91. The average molecular weight is 290 g/mol. The lowest BCUT2D eigenvalue weighted by atomic mass is 10.1. The van der Waals surface area contributed by atoms with Gasteiger partial charge < -0.3 is 15.2 Å². The third-order valence-corrected chi connectivity index (χ3v) is 3.36. The molecule has 0 aliphatic carbocycles. The molecule has 0 radical (unpaired) electrons. The molecule has 0 bridgehead atoms. The molecule has 1 aromatic carbocycles. The fraction of sp³-hybridized carbons (Fsp3) is 0.467. The van der Waals surface area contributed by atoms with E-state index in [1.54, 1.807) is 18.9 Å². The predicted molar refractivity (Wildman–Crippen MR) is 80.5 cm³/mol. The van der Waals surface area contributed by atoms with Crippen LogP contribution in [-0.2, 0) is 6.54 Å². The first-order valence-corrected chi connectivity index (χ1v) is 7.04. The van der Waals surface area contributed by atoms with Crippen LogP contribution in [0.1, 0.15) is 37.1 Å². The summed E-state index contributed by atoms with van der Waals surface area (Å²) in [6.45, 7) is 2.66. The number of ether oxygens (including phenoxy) is 2. The normalized spacial score (nSPS) is 12.2. The van der Waals surface area contributed by atoms with Gasteiger partial charge in [0.25, 0.3) is 0 Å². The lowest BCUT2D eigenvalue weighted by Gasteiger charge is -2.10. The molecular weight excluding hydrogens is 268 g/mol. The Labute approximate surface area is 124 Å². The zero-order chi connectivity index (χ0) is 15.2. The highest BCUT2D eigenvalue weighted by Crippen LogP contribution is 2.24. The number of aromatic nitrogens is 3. The summed E-state index contributed by atoms with van der Waals surface area (Å²) in [7, 11) is 3.29. The molecule has 0 saturated carbocycles. The Balaban J connectivity index is 2.18. The van der Waals surface area contributed by atoms with Crippen molar-refractivity contribution in [1.29, 1.82) is 0 Å². The number of nitrogens with zero attached hydrogens (tertiary/aromatic N) is 3. The van der Waals surface area contributed by atoms with Gasteiger partial charge in [0.05, 0.1) is 38.7 Å². The summed E-state index contributed by atoms with van der Waals surface area (Å²) in [5, 5.41) is 8.28. The molecule has 2 rings (SSSR count). The van der Waals surface area contributed by atoms with Crippen LogP contribution in [0.2, 0.25) is 0 Å². The average Bonchev–Trinajstić information content (AvgIpc) is 2.96. The van der Waals surface area contributed by atoms with Crippen molar-refractivity contribution in [2.24, 2.45) is 5.73 Å². The fourth-order valence-electron chi connectivity index (χ4n) is 2.20. The Morgan fingerprint density at radius 2 is 2.10 bits per heavy atom. The monoisotopic (exact) mass is 290 g/mol. The highest BCUT2D eigenvalue weighted by molar-refractivity contribution is 5.40. The van der Waals surface area contributed by atoms with Crippen LogP contribution in [-0.4, -0.2) is 29.2 Å². The summed E-state index contributed by atoms with van der Waals surface area (Å²) >= 11 is 0. The topological polar surface area (TPSA) is 75.2 Å². The van der Waals surface area contributed by atoms with Crippen molar-refractivity contribution in [2.75, 3.05) is 14.2 Å². The molecule has 2 aromatic rings. The van der Waals surface area contributed by atoms with Crippen molar-refractivity contribution in [1.82, 2.24) is 15.0 Å². The summed E-state index contributed by atoms with van der Waals surface area (Å²) in [6, 6.07) is 5.63. The lowest BCUT2D eigenvalue weighted by molar-refractivity contribution is 0.396. The van der Waals surface area contributed by atoms with E-state index >= 15 is 0 Å². The van der Waals surface area contributed by atoms with Crippen LogP contribution >= 0.6 is 0 Å². The van der Waals surface area contributed by atoms with E-state index in [0.29, 0.717) is 6.54 Å². The van der Waals surface area contributed by atoms with Gasteiger partial charge in [0.15, 0.2) is 0 Å². The maximum Gasteiger partial charge on any atom is 0.124 e. The van der Waals surface area contributed by atoms with E-state index in [-0.39, 0.29) is 6.04 Å². The van der Waals surface area contributed by atoms with Gasteiger partial charge in [0.2, 0.25) is 0 Å². The quantitative estimate of drug-likeness (QED) is 0.845. The number of methoxy groups -OCH3 is 2. The first-order valence-electron chi connectivity index (χ1n) is 7.04. The number of nitrogens with two attached hydrogens (primary N) is 1. The van der Waals surface area contributed by atoms with Gasteiger partial charge in [0.1, 0.15) is 11.5 Å². The summed E-state index contributed by atoms with van der Waals surface area (Å²) in [5.41, 5.74) is 7.86. The van der Waals surface area contributed by atoms with E-state index in [2.05, 4.69) is 17.2 Å². The highest BCUT2D eigenvalue weighted by atomic mass is 16.5. The van der Waals surface area contributed by atoms with Gasteiger partial charge in [-0.25, -0.2) is 4.68 Å². The van der Waals surface area contributed by atoms with Gasteiger partial charge in [-0.1, -0.05) is 18.6 Å². The molecule has 2 N–H and O–H groups in total. The summed E-state index contributed by atoms with van der Waals surface area (Å²) in [6.07, 6.45) is 3.82.